The summed E-state index contributed by atoms with van der Waals surface area (Å²) in [5.74, 6) is 0. The predicted molar refractivity (Wildman–Crippen MR) is 57.7 cm³/mol. The number of nitrogens with one attached hydrogen (secondary N) is 1. The smallest absolute Gasteiger partial charge is 0.0774 e. The molecule has 0 aliphatic rings. The molecule has 1 aromatic carbocycles. The van der Waals surface area contributed by atoms with Gasteiger partial charge in [0.25, 0.3) is 0 Å². The molecule has 12 heavy (non-hydrogen) atoms. The summed E-state index contributed by atoms with van der Waals surface area (Å²) in [6, 6.07) is 10.3. The van der Waals surface area contributed by atoms with Gasteiger partial charge in [0, 0.05) is 5.69 Å². The number of para-hydroxylation sites is 1. The molecule has 0 fully saturated rings. The lowest BCUT2D eigenvalue weighted by Crippen LogP contribution is -2.25. The highest BCUT2D eigenvalue weighted by molar-refractivity contribution is 8.00. The second-order valence-electron chi connectivity index (χ2n) is 3.21. The summed E-state index contributed by atoms with van der Waals surface area (Å²) in [4.78, 5) is 0.112. The molecular formula is C10H15NS. The van der Waals surface area contributed by atoms with Crippen molar-refractivity contribution in [3.8, 4) is 0 Å². The molecule has 2 heteroatoms. The number of hydrogen-bond donors (Lipinski definition) is 1. The van der Waals surface area contributed by atoms with Gasteiger partial charge in [0.15, 0.2) is 0 Å². The van der Waals surface area contributed by atoms with Crippen molar-refractivity contribution in [2.75, 3.05) is 11.6 Å². The third-order valence-electron chi connectivity index (χ3n) is 1.73. The quantitative estimate of drug-likeness (QED) is 0.719. The lowest BCUT2D eigenvalue weighted by molar-refractivity contribution is 0.825. The van der Waals surface area contributed by atoms with Gasteiger partial charge in [0.2, 0.25) is 0 Å². The van der Waals surface area contributed by atoms with Crippen LogP contribution >= 0.6 is 11.8 Å². The molecule has 0 aromatic heterocycles. The van der Waals surface area contributed by atoms with Crippen LogP contribution in [0, 0.1) is 0 Å². The third kappa shape index (κ3) is 2.78. The first-order chi connectivity index (χ1) is 5.64. The van der Waals surface area contributed by atoms with E-state index in [0.29, 0.717) is 0 Å². The topological polar surface area (TPSA) is 12.0 Å². The Balaban J connectivity index is 2.64. The van der Waals surface area contributed by atoms with E-state index < -0.39 is 0 Å². The van der Waals surface area contributed by atoms with Gasteiger partial charge < -0.3 is 5.32 Å². The van der Waals surface area contributed by atoms with Crippen LogP contribution in [0.2, 0.25) is 0 Å². The van der Waals surface area contributed by atoms with Crippen molar-refractivity contribution in [1.29, 1.82) is 0 Å². The number of rotatable bonds is 3. The van der Waals surface area contributed by atoms with Crippen molar-refractivity contribution in [3.05, 3.63) is 30.3 Å². The van der Waals surface area contributed by atoms with Gasteiger partial charge in [-0.2, -0.15) is 0 Å². The van der Waals surface area contributed by atoms with Gasteiger partial charge in [-0.25, -0.2) is 0 Å². The molecular weight excluding hydrogens is 166 g/mol. The molecule has 1 rings (SSSR count). The summed E-state index contributed by atoms with van der Waals surface area (Å²) in [5.41, 5.74) is 1.18. The standard InChI is InChI=1S/C10H15NS/c1-10(2,12-3)11-9-7-5-4-6-8-9/h4-8,11H,1-3H3. The van der Waals surface area contributed by atoms with E-state index in [1.807, 2.05) is 30.0 Å². The molecule has 1 nitrogen and oxygen atoms in total. The largest absolute Gasteiger partial charge is 0.371 e. The number of thioether (sulfide) groups is 1. The van der Waals surface area contributed by atoms with Crippen LogP contribution in [0.1, 0.15) is 13.8 Å². The first-order valence-corrected chi connectivity index (χ1v) is 5.25. The zero-order valence-corrected chi connectivity index (χ0v) is 8.61. The molecule has 0 spiro atoms. The summed E-state index contributed by atoms with van der Waals surface area (Å²) >= 11 is 1.81. The molecule has 66 valence electrons. The van der Waals surface area contributed by atoms with Gasteiger partial charge in [-0.1, -0.05) is 18.2 Å². The van der Waals surface area contributed by atoms with Gasteiger partial charge >= 0.3 is 0 Å². The molecule has 0 saturated carbocycles. The Morgan fingerprint density at radius 3 is 2.25 bits per heavy atom. The minimum Gasteiger partial charge on any atom is -0.371 e. The highest BCUT2D eigenvalue weighted by atomic mass is 32.2. The Hall–Kier alpha value is -0.630. The van der Waals surface area contributed by atoms with Crippen LogP contribution in [0.4, 0.5) is 5.69 Å². The SMILES string of the molecule is CSC(C)(C)Nc1ccccc1. The van der Waals surface area contributed by atoms with Gasteiger partial charge in [-0.15, -0.1) is 11.8 Å². The van der Waals surface area contributed by atoms with E-state index >= 15 is 0 Å². The minimum atomic E-state index is 0.112. The van der Waals surface area contributed by atoms with E-state index in [4.69, 9.17) is 0 Å². The van der Waals surface area contributed by atoms with Gasteiger partial charge in [-0.3, -0.25) is 0 Å². The Kier molecular flexibility index (Phi) is 3.04. The van der Waals surface area contributed by atoms with E-state index in [0.717, 1.165) is 0 Å². The molecule has 1 aromatic rings. The first kappa shape index (κ1) is 9.46. The van der Waals surface area contributed by atoms with Crippen molar-refractivity contribution in [1.82, 2.24) is 0 Å². The molecule has 0 radical (unpaired) electrons. The van der Waals surface area contributed by atoms with Crippen molar-refractivity contribution < 1.29 is 0 Å². The van der Waals surface area contributed by atoms with Crippen LogP contribution in [0.5, 0.6) is 0 Å². The van der Waals surface area contributed by atoms with Crippen molar-refractivity contribution >= 4 is 17.4 Å². The molecule has 0 aliphatic carbocycles. The Morgan fingerprint density at radius 1 is 1.17 bits per heavy atom. The normalized spacial score (nSPS) is 11.2. The number of anilines is 1. The zero-order valence-electron chi connectivity index (χ0n) is 7.79. The molecule has 0 bridgehead atoms. The molecule has 0 heterocycles. The molecule has 0 amide bonds. The van der Waals surface area contributed by atoms with Gasteiger partial charge in [0.1, 0.15) is 0 Å². The van der Waals surface area contributed by atoms with E-state index in [2.05, 4.69) is 37.6 Å². The maximum atomic E-state index is 3.43. The average molecular weight is 181 g/mol. The Labute approximate surface area is 78.6 Å². The Bertz CT molecular complexity index is 231. The summed E-state index contributed by atoms with van der Waals surface area (Å²) < 4.78 is 0. The predicted octanol–water partition coefficient (Wildman–Crippen LogP) is 3.20. The summed E-state index contributed by atoms with van der Waals surface area (Å²) in [5, 5.41) is 3.43. The van der Waals surface area contributed by atoms with Crippen molar-refractivity contribution in [2.24, 2.45) is 0 Å². The summed E-state index contributed by atoms with van der Waals surface area (Å²) in [7, 11) is 0. The number of benzene rings is 1. The molecule has 0 saturated heterocycles. The monoisotopic (exact) mass is 181 g/mol. The number of hydrogen-bond acceptors (Lipinski definition) is 2. The highest BCUT2D eigenvalue weighted by Crippen LogP contribution is 2.23. The first-order valence-electron chi connectivity index (χ1n) is 4.02. The van der Waals surface area contributed by atoms with Crippen molar-refractivity contribution in [3.63, 3.8) is 0 Å². The molecule has 0 aliphatic heterocycles. The van der Waals surface area contributed by atoms with Crippen molar-refractivity contribution in [2.45, 2.75) is 18.7 Å². The van der Waals surface area contributed by atoms with Crippen LogP contribution in [-0.4, -0.2) is 11.1 Å². The lowest BCUT2D eigenvalue weighted by Gasteiger charge is -2.24. The zero-order chi connectivity index (χ0) is 9.03. The van der Waals surface area contributed by atoms with Crippen LogP contribution in [0.25, 0.3) is 0 Å². The second kappa shape index (κ2) is 3.85. The van der Waals surface area contributed by atoms with E-state index in [1.54, 1.807) is 0 Å². The molecule has 0 unspecified atom stereocenters. The van der Waals surface area contributed by atoms with Crippen LogP contribution in [-0.2, 0) is 0 Å². The highest BCUT2D eigenvalue weighted by Gasteiger charge is 2.13. The van der Waals surface area contributed by atoms with Gasteiger partial charge in [-0.05, 0) is 32.2 Å². The minimum absolute atomic E-state index is 0.112. The third-order valence-corrected chi connectivity index (χ3v) is 2.85. The van der Waals surface area contributed by atoms with Gasteiger partial charge in [0.05, 0.1) is 4.87 Å². The summed E-state index contributed by atoms with van der Waals surface area (Å²) in [6.45, 7) is 4.34. The fourth-order valence-corrected chi connectivity index (χ4v) is 1.14. The van der Waals surface area contributed by atoms with E-state index in [9.17, 15) is 0 Å². The maximum Gasteiger partial charge on any atom is 0.0774 e. The van der Waals surface area contributed by atoms with E-state index in [-0.39, 0.29) is 4.87 Å². The lowest BCUT2D eigenvalue weighted by atomic mass is 10.3. The molecule has 1 N–H and O–H groups in total. The van der Waals surface area contributed by atoms with Crippen LogP contribution in [0.15, 0.2) is 30.3 Å². The fraction of sp³-hybridized carbons (Fsp3) is 0.400. The average Bonchev–Trinajstić information content (AvgIpc) is 2.06. The second-order valence-corrected chi connectivity index (χ2v) is 4.63. The fourth-order valence-electron chi connectivity index (χ4n) is 0.920. The van der Waals surface area contributed by atoms with E-state index in [1.165, 1.54) is 5.69 Å². The summed E-state index contributed by atoms with van der Waals surface area (Å²) in [6.07, 6.45) is 2.11. The molecule has 0 atom stereocenters. The Morgan fingerprint density at radius 2 is 1.75 bits per heavy atom. The maximum absolute atomic E-state index is 3.43. The van der Waals surface area contributed by atoms with Crippen LogP contribution < -0.4 is 5.32 Å². The van der Waals surface area contributed by atoms with Crippen LogP contribution in [0.3, 0.4) is 0 Å².